The number of likely N-dealkylation sites (tertiary alicyclic amines) is 2. The molecule has 9 aliphatic carbocycles. The summed E-state index contributed by atoms with van der Waals surface area (Å²) in [4.78, 5) is 5.24. The molecule has 0 aromatic carbocycles. The van der Waals surface area contributed by atoms with E-state index in [1.165, 1.54) is 154 Å². The molecule has 2 aliphatic heterocycles. The molecule has 0 aromatic rings. The van der Waals surface area contributed by atoms with Crippen LogP contribution in [0.15, 0.2) is 0 Å². The number of fused-ring (bicyclic) bond motifs is 9. The maximum atomic E-state index is 6.35. The lowest BCUT2D eigenvalue weighted by Crippen LogP contribution is -2.52. The van der Waals surface area contributed by atoms with E-state index in [2.05, 4.69) is 200 Å². The first-order valence-corrected chi connectivity index (χ1v) is 33.8. The molecule has 11 fully saturated rings. The third kappa shape index (κ3) is 14.1. The van der Waals surface area contributed by atoms with Gasteiger partial charge in [0.1, 0.15) is 24.4 Å². The molecule has 4 heteroatoms. The Hall–Kier alpha value is -8.72. The van der Waals surface area contributed by atoms with Gasteiger partial charge in [-0.3, -0.25) is 0 Å². The molecule has 0 radical (unpaired) electrons. The third-order valence-corrected chi connectivity index (χ3v) is 24.2. The minimum Gasteiger partial charge on any atom is -0.443 e. The molecule has 2 heterocycles. The van der Waals surface area contributed by atoms with Crippen molar-refractivity contribution in [2.75, 3.05) is 0 Å². The van der Waals surface area contributed by atoms with E-state index in [4.69, 9.17) is 35.2 Å². The minimum absolute atomic E-state index is 0.0947. The summed E-state index contributed by atoms with van der Waals surface area (Å²) in [6.45, 7) is 0. The van der Waals surface area contributed by atoms with Crippen molar-refractivity contribution < 1.29 is 9.47 Å². The zero-order chi connectivity index (χ0) is 61.0. The van der Waals surface area contributed by atoms with Crippen LogP contribution in [0.25, 0.3) is 0 Å². The summed E-state index contributed by atoms with van der Waals surface area (Å²) in [7, 11) is 0. The molecule has 0 amide bonds. The second kappa shape index (κ2) is 31.0. The van der Waals surface area contributed by atoms with E-state index in [1.54, 1.807) is 0 Å². The number of rotatable bonds is 6. The monoisotopic (exact) mass is 1160 g/mol. The molecule has 11 rings (SSSR count). The van der Waals surface area contributed by atoms with Gasteiger partial charge in [-0.2, -0.15) is 0 Å². The maximum absolute atomic E-state index is 6.35. The van der Waals surface area contributed by atoms with E-state index in [9.17, 15) is 0 Å². The van der Waals surface area contributed by atoms with Gasteiger partial charge >= 0.3 is 0 Å². The van der Waals surface area contributed by atoms with E-state index < -0.39 is 0 Å². The van der Waals surface area contributed by atoms with Gasteiger partial charge in [0.15, 0.2) is 0 Å². The molecule has 89 heavy (non-hydrogen) atoms. The maximum Gasteiger partial charge on any atom is 0.125 e. The van der Waals surface area contributed by atoms with Gasteiger partial charge in [0.2, 0.25) is 0 Å². The van der Waals surface area contributed by atoms with Crippen molar-refractivity contribution in [1.29, 1.82) is 0 Å². The molecule has 9 saturated carbocycles. The summed E-state index contributed by atoms with van der Waals surface area (Å²) >= 11 is 0. The molecule has 0 spiro atoms. The Kier molecular flexibility index (Phi) is 21.5. The van der Waals surface area contributed by atoms with Crippen molar-refractivity contribution in [3.05, 3.63) is 0 Å². The summed E-state index contributed by atoms with van der Waals surface area (Å²) in [6, 6.07) is 9.41. The highest BCUT2D eigenvalue weighted by molar-refractivity contribution is 5.44. The Morgan fingerprint density at radius 1 is 0.270 bits per heavy atom. The lowest BCUT2D eigenvalue weighted by molar-refractivity contribution is -0.103. The zero-order valence-corrected chi connectivity index (χ0v) is 51.9. The van der Waals surface area contributed by atoms with Crippen molar-refractivity contribution in [3.63, 3.8) is 0 Å². The third-order valence-electron chi connectivity index (χ3n) is 24.2. The highest BCUT2D eigenvalue weighted by atomic mass is 16.5. The predicted molar refractivity (Wildman–Crippen MR) is 353 cm³/mol. The van der Waals surface area contributed by atoms with Crippen LogP contribution in [-0.4, -0.2) is 46.2 Å². The van der Waals surface area contributed by atoms with Crippen molar-refractivity contribution in [3.8, 4) is 216 Å². The van der Waals surface area contributed by atoms with Crippen LogP contribution >= 0.6 is 0 Å². The summed E-state index contributed by atoms with van der Waals surface area (Å²) < 4.78 is 12.7. The van der Waals surface area contributed by atoms with E-state index >= 15 is 0 Å². The van der Waals surface area contributed by atoms with Crippen LogP contribution < -0.4 is 0 Å². The van der Waals surface area contributed by atoms with Crippen LogP contribution in [0, 0.1) is 304 Å². The summed E-state index contributed by atoms with van der Waals surface area (Å²) in [6.07, 6.45) is 62.9. The Bertz CT molecular complexity index is 3680. The standard InChI is InChI=1S/C85H80N2O2/c1-5-9-13-17-21-23-27-35-59-88-71-49-45-69(46-50-71)85(70-47-51-72(52-48-70)89-60-36-28-24-22-18-14-10-6-2)79-55-43-65(68-42-54-76-74-37-29-31-39-81(74)87(84(76)64-68)58-34-26-20-16-12-8-4)61-77(79)73-53-41-67(63-80(73)85)66-44-56-83-78(62-66)75-38-30-32-40-82(75)86(83)57-33-25-19-15-11-7-3/h1-4,65-84H,29-32,37-56,61-64H2. The number of hydrogen-bond acceptors (Lipinski definition) is 4. The highest BCUT2D eigenvalue weighted by Crippen LogP contribution is 2.74. The minimum atomic E-state index is 0.0947. The lowest BCUT2D eigenvalue weighted by atomic mass is 9.47. The first-order valence-electron chi connectivity index (χ1n) is 33.8. The van der Waals surface area contributed by atoms with E-state index in [0.29, 0.717) is 41.9 Å². The van der Waals surface area contributed by atoms with E-state index in [-0.39, 0.29) is 17.6 Å². The molecule has 16 atom stereocenters. The van der Waals surface area contributed by atoms with Gasteiger partial charge in [-0.1, -0.05) is 25.7 Å². The second-order valence-corrected chi connectivity index (χ2v) is 27.3. The topological polar surface area (TPSA) is 24.9 Å². The molecule has 442 valence electrons. The van der Waals surface area contributed by atoms with Gasteiger partial charge in [0, 0.05) is 119 Å². The van der Waals surface area contributed by atoms with Crippen LogP contribution in [0.2, 0.25) is 0 Å². The van der Waals surface area contributed by atoms with Crippen LogP contribution in [0.5, 0.6) is 0 Å². The Labute approximate surface area is 536 Å². The van der Waals surface area contributed by atoms with Gasteiger partial charge in [-0.05, 0) is 325 Å². The number of nitrogens with zero attached hydrogens (tertiary/aromatic N) is 2. The Morgan fingerprint density at radius 2 is 0.640 bits per heavy atom. The molecule has 2 saturated heterocycles. The first kappa shape index (κ1) is 61.9. The molecule has 0 aromatic heterocycles. The summed E-state index contributed by atoms with van der Waals surface area (Å²) in [5.74, 6) is 86.4. The molecule has 11 aliphatic rings. The van der Waals surface area contributed by atoms with E-state index in [1.807, 2.05) is 0 Å². The normalized spacial score (nSPS) is 36.4. The average Bonchev–Trinajstić information content (AvgIpc) is 1.58. The quantitative estimate of drug-likeness (QED) is 0.248. The van der Waals surface area contributed by atoms with Gasteiger partial charge in [-0.25, -0.2) is 0 Å². The summed E-state index contributed by atoms with van der Waals surface area (Å²) in [5, 5.41) is 0. The smallest absolute Gasteiger partial charge is 0.125 e. The van der Waals surface area contributed by atoms with Crippen LogP contribution in [0.1, 0.15) is 180 Å². The second-order valence-electron chi connectivity index (χ2n) is 27.3. The van der Waals surface area contributed by atoms with Gasteiger partial charge in [-0.15, -0.1) is 25.7 Å². The molecule has 16 unspecified atom stereocenters. The van der Waals surface area contributed by atoms with Crippen molar-refractivity contribution in [1.82, 2.24) is 9.80 Å². The average molecular weight is 1160 g/mol. The van der Waals surface area contributed by atoms with Gasteiger partial charge < -0.3 is 19.3 Å². The lowest BCUT2D eigenvalue weighted by Gasteiger charge is -2.58. The molecular weight excluding hydrogens is 1080 g/mol. The number of terminal acetylenes is 4. The Morgan fingerprint density at radius 3 is 1.16 bits per heavy atom. The Balaban J connectivity index is 0.885. The van der Waals surface area contributed by atoms with Crippen LogP contribution in [0.4, 0.5) is 0 Å². The zero-order valence-electron chi connectivity index (χ0n) is 51.9. The summed E-state index contributed by atoms with van der Waals surface area (Å²) in [5.41, 5.74) is 0.263. The molecule has 0 N–H and O–H groups in total. The predicted octanol–water partition coefficient (Wildman–Crippen LogP) is 11.9. The molecule has 4 nitrogen and oxygen atoms in total. The fourth-order valence-electron chi connectivity index (χ4n) is 21.5. The largest absolute Gasteiger partial charge is 0.443 e. The van der Waals surface area contributed by atoms with Crippen molar-refractivity contribution in [2.45, 2.75) is 216 Å². The van der Waals surface area contributed by atoms with Crippen molar-refractivity contribution >= 4 is 0 Å². The SMILES string of the molecule is C#CC#CC#CC#CC#COC1CCC(C2(C3CCC(OC#CC#CC#CC#CC#C)CC3)C3CCC(C4CCC5C6CCCCC6N(C#CC#CC#CC#C)C5C4)CC3C3CCC(C4CCC5C(C4)C4CCCCC4N5C#CC#CC#CC#C)CC32)CC1. The fourth-order valence-corrected chi connectivity index (χ4v) is 21.5. The van der Waals surface area contributed by atoms with Gasteiger partial charge in [0.25, 0.3) is 0 Å². The molecular formula is C85H80N2O2. The number of hydrogen-bond donors (Lipinski definition) is 0. The van der Waals surface area contributed by atoms with Crippen LogP contribution in [0.3, 0.4) is 0 Å². The van der Waals surface area contributed by atoms with Crippen LogP contribution in [-0.2, 0) is 9.47 Å². The van der Waals surface area contributed by atoms with E-state index in [0.717, 1.165) is 90.8 Å². The van der Waals surface area contributed by atoms with Gasteiger partial charge in [0.05, 0.1) is 0 Å². The first-order chi connectivity index (χ1) is 44.0. The van der Waals surface area contributed by atoms with Crippen molar-refractivity contribution in [2.24, 2.45) is 88.3 Å². The highest BCUT2D eigenvalue weighted by Gasteiger charge is 2.68. The fraction of sp³-hybridized carbons (Fsp3) is 0.576. The number of ether oxygens (including phenoxy) is 2. The molecule has 0 bridgehead atoms.